The van der Waals surface area contributed by atoms with Crippen LogP contribution in [0.5, 0.6) is 5.88 Å². The molecule has 1 aliphatic rings. The van der Waals surface area contributed by atoms with Gasteiger partial charge in [0, 0.05) is 18.7 Å². The normalized spacial score (nSPS) is 19.0. The molecule has 17 heavy (non-hydrogen) atoms. The zero-order valence-electron chi connectivity index (χ0n) is 9.81. The number of aromatic nitrogens is 1. The van der Waals surface area contributed by atoms with Gasteiger partial charge in [-0.05, 0) is 25.1 Å². The largest absolute Gasteiger partial charge is 0.477 e. The Bertz CT molecular complexity index is 389. The highest BCUT2D eigenvalue weighted by Gasteiger charge is 2.18. The predicted octanol–water partition coefficient (Wildman–Crippen LogP) is 0.856. The number of pyridine rings is 1. The van der Waals surface area contributed by atoms with Crippen molar-refractivity contribution in [2.45, 2.75) is 6.42 Å². The van der Waals surface area contributed by atoms with E-state index in [-0.39, 0.29) is 0 Å². The number of ether oxygens (including phenoxy) is 2. The maximum Gasteiger partial charge on any atom is 0.343 e. The van der Waals surface area contributed by atoms with Gasteiger partial charge >= 0.3 is 5.97 Å². The summed E-state index contributed by atoms with van der Waals surface area (Å²) in [7, 11) is 1.35. The molecule has 0 saturated carbocycles. The molecule has 0 spiro atoms. The van der Waals surface area contributed by atoms with Crippen molar-refractivity contribution >= 4 is 5.97 Å². The van der Waals surface area contributed by atoms with Crippen LogP contribution < -0.4 is 10.1 Å². The molecule has 1 N–H and O–H groups in total. The number of rotatable bonds is 4. The van der Waals surface area contributed by atoms with Crippen LogP contribution in [-0.4, -0.2) is 37.8 Å². The first-order valence-electron chi connectivity index (χ1n) is 5.68. The second-order valence-electron chi connectivity index (χ2n) is 4.02. The van der Waals surface area contributed by atoms with Crippen LogP contribution in [0.15, 0.2) is 18.3 Å². The van der Waals surface area contributed by atoms with Crippen molar-refractivity contribution in [2.75, 3.05) is 26.8 Å². The highest BCUT2D eigenvalue weighted by Crippen LogP contribution is 2.17. The van der Waals surface area contributed by atoms with Crippen LogP contribution in [0, 0.1) is 5.92 Å². The van der Waals surface area contributed by atoms with Crippen molar-refractivity contribution in [3.8, 4) is 5.88 Å². The molecule has 0 aromatic carbocycles. The maximum atomic E-state index is 11.5. The molecule has 0 radical (unpaired) electrons. The molecular weight excluding hydrogens is 220 g/mol. The van der Waals surface area contributed by atoms with Crippen molar-refractivity contribution < 1.29 is 14.3 Å². The lowest BCUT2D eigenvalue weighted by atomic mass is 10.1. The molecule has 0 aliphatic carbocycles. The smallest absolute Gasteiger partial charge is 0.343 e. The Morgan fingerprint density at radius 2 is 2.53 bits per heavy atom. The lowest BCUT2D eigenvalue weighted by Gasteiger charge is -2.12. The van der Waals surface area contributed by atoms with Gasteiger partial charge in [-0.1, -0.05) is 0 Å². The van der Waals surface area contributed by atoms with Crippen LogP contribution in [0.1, 0.15) is 16.8 Å². The number of nitrogens with one attached hydrogen (secondary N) is 1. The van der Waals surface area contributed by atoms with Crippen LogP contribution in [-0.2, 0) is 4.74 Å². The molecule has 1 aromatic rings. The van der Waals surface area contributed by atoms with Gasteiger partial charge in [-0.2, -0.15) is 0 Å². The van der Waals surface area contributed by atoms with Gasteiger partial charge < -0.3 is 14.8 Å². The second-order valence-corrected chi connectivity index (χ2v) is 4.02. The first kappa shape index (κ1) is 11.9. The average molecular weight is 236 g/mol. The molecule has 1 aliphatic heterocycles. The number of esters is 1. The number of carbonyl (C=O) groups is 1. The molecule has 0 amide bonds. The van der Waals surface area contributed by atoms with E-state index in [1.807, 2.05) is 0 Å². The molecule has 1 unspecified atom stereocenters. The molecule has 1 fully saturated rings. The lowest BCUT2D eigenvalue weighted by molar-refractivity contribution is 0.0594. The van der Waals surface area contributed by atoms with Crippen LogP contribution in [0.25, 0.3) is 0 Å². The number of hydrogen-bond acceptors (Lipinski definition) is 5. The Morgan fingerprint density at radius 1 is 1.65 bits per heavy atom. The van der Waals surface area contributed by atoms with Crippen molar-refractivity contribution in [3.05, 3.63) is 23.9 Å². The molecule has 1 atom stereocenters. The molecule has 2 heterocycles. The molecule has 1 aromatic heterocycles. The summed E-state index contributed by atoms with van der Waals surface area (Å²) in [5, 5.41) is 3.27. The van der Waals surface area contributed by atoms with Crippen molar-refractivity contribution in [1.29, 1.82) is 0 Å². The maximum absolute atomic E-state index is 11.5. The SMILES string of the molecule is COC(=O)c1cccnc1OCC1CCNC1. The summed E-state index contributed by atoms with van der Waals surface area (Å²) in [6, 6.07) is 3.34. The Hall–Kier alpha value is -1.62. The van der Waals surface area contributed by atoms with E-state index in [0.29, 0.717) is 24.0 Å². The first-order chi connectivity index (χ1) is 8.31. The van der Waals surface area contributed by atoms with Gasteiger partial charge in [0.15, 0.2) is 0 Å². The number of methoxy groups -OCH3 is 1. The molecule has 5 heteroatoms. The summed E-state index contributed by atoms with van der Waals surface area (Å²) in [6.45, 7) is 2.56. The minimum Gasteiger partial charge on any atom is -0.477 e. The minimum atomic E-state index is -0.419. The number of hydrogen-bond donors (Lipinski definition) is 1. The summed E-state index contributed by atoms with van der Waals surface area (Å²) in [4.78, 5) is 15.5. The monoisotopic (exact) mass is 236 g/mol. The van der Waals surface area contributed by atoms with Crippen molar-refractivity contribution in [1.82, 2.24) is 10.3 Å². The van der Waals surface area contributed by atoms with Crippen LogP contribution in [0.2, 0.25) is 0 Å². The van der Waals surface area contributed by atoms with Gasteiger partial charge in [0.25, 0.3) is 0 Å². The lowest BCUT2D eigenvalue weighted by Crippen LogP contribution is -2.17. The zero-order chi connectivity index (χ0) is 12.1. The Balaban J connectivity index is 2.01. The van der Waals surface area contributed by atoms with Crippen LogP contribution in [0.4, 0.5) is 0 Å². The molecule has 0 bridgehead atoms. The third kappa shape index (κ3) is 2.94. The van der Waals surface area contributed by atoms with Crippen molar-refractivity contribution in [2.24, 2.45) is 5.92 Å². The van der Waals surface area contributed by atoms with E-state index in [4.69, 9.17) is 4.74 Å². The fraction of sp³-hybridized carbons (Fsp3) is 0.500. The van der Waals surface area contributed by atoms with Gasteiger partial charge in [-0.15, -0.1) is 0 Å². The third-order valence-electron chi connectivity index (χ3n) is 2.79. The predicted molar refractivity (Wildman–Crippen MR) is 62.0 cm³/mol. The summed E-state index contributed by atoms with van der Waals surface area (Å²) >= 11 is 0. The standard InChI is InChI=1S/C12H16N2O3/c1-16-12(15)10-3-2-5-14-11(10)17-8-9-4-6-13-7-9/h2-3,5,9,13H,4,6-8H2,1H3. The summed E-state index contributed by atoms with van der Waals surface area (Å²) < 4.78 is 10.3. The van der Waals surface area contributed by atoms with E-state index in [2.05, 4.69) is 15.0 Å². The van der Waals surface area contributed by atoms with E-state index >= 15 is 0 Å². The zero-order valence-corrected chi connectivity index (χ0v) is 9.81. The highest BCUT2D eigenvalue weighted by atomic mass is 16.5. The molecule has 92 valence electrons. The first-order valence-corrected chi connectivity index (χ1v) is 5.68. The van der Waals surface area contributed by atoms with E-state index < -0.39 is 5.97 Å². The number of nitrogens with zero attached hydrogens (tertiary/aromatic N) is 1. The summed E-state index contributed by atoms with van der Waals surface area (Å²) in [5.74, 6) is 0.423. The third-order valence-corrected chi connectivity index (χ3v) is 2.79. The van der Waals surface area contributed by atoms with Gasteiger partial charge in [0.2, 0.25) is 5.88 Å². The topological polar surface area (TPSA) is 60.5 Å². The van der Waals surface area contributed by atoms with Crippen LogP contribution in [0.3, 0.4) is 0 Å². The Labute approximate surface area is 100 Å². The van der Waals surface area contributed by atoms with Gasteiger partial charge in [0.05, 0.1) is 13.7 Å². The van der Waals surface area contributed by atoms with Gasteiger partial charge in [0.1, 0.15) is 5.56 Å². The fourth-order valence-corrected chi connectivity index (χ4v) is 1.82. The van der Waals surface area contributed by atoms with Gasteiger partial charge in [-0.3, -0.25) is 0 Å². The summed E-state index contributed by atoms with van der Waals surface area (Å²) in [6.07, 6.45) is 2.70. The molecular formula is C12H16N2O3. The Morgan fingerprint density at radius 3 is 3.24 bits per heavy atom. The Kier molecular flexibility index (Phi) is 3.93. The fourth-order valence-electron chi connectivity index (χ4n) is 1.82. The number of carbonyl (C=O) groups excluding carboxylic acids is 1. The van der Waals surface area contributed by atoms with Crippen molar-refractivity contribution in [3.63, 3.8) is 0 Å². The molecule has 1 saturated heterocycles. The minimum absolute atomic E-state index is 0.353. The second kappa shape index (κ2) is 5.63. The van der Waals surface area contributed by atoms with E-state index in [0.717, 1.165) is 19.5 Å². The van der Waals surface area contributed by atoms with Gasteiger partial charge in [-0.25, -0.2) is 9.78 Å². The quantitative estimate of drug-likeness (QED) is 0.785. The van der Waals surface area contributed by atoms with E-state index in [1.165, 1.54) is 7.11 Å². The van der Waals surface area contributed by atoms with E-state index in [9.17, 15) is 4.79 Å². The average Bonchev–Trinajstić information content (AvgIpc) is 2.89. The highest BCUT2D eigenvalue weighted by molar-refractivity contribution is 5.91. The summed E-state index contributed by atoms with van der Waals surface area (Å²) in [5.41, 5.74) is 0.376. The van der Waals surface area contributed by atoms with E-state index in [1.54, 1.807) is 18.3 Å². The van der Waals surface area contributed by atoms with Crippen LogP contribution >= 0.6 is 0 Å². The molecule has 2 rings (SSSR count). The molecule has 5 nitrogen and oxygen atoms in total.